The number of aliphatic hydroxyl groups excluding tert-OH is 2. The van der Waals surface area contributed by atoms with Gasteiger partial charge in [-0.05, 0) is 18.8 Å². The van der Waals surface area contributed by atoms with Crippen molar-refractivity contribution in [3.8, 4) is 0 Å². The van der Waals surface area contributed by atoms with E-state index in [2.05, 4.69) is 6.58 Å². The molecule has 0 heterocycles. The minimum Gasteiger partial charge on any atom is -0.396 e. The zero-order valence-electron chi connectivity index (χ0n) is 6.45. The lowest BCUT2D eigenvalue weighted by Crippen LogP contribution is -2.17. The van der Waals surface area contributed by atoms with Crippen molar-refractivity contribution in [1.29, 1.82) is 0 Å². The van der Waals surface area contributed by atoms with Crippen molar-refractivity contribution < 1.29 is 10.2 Å². The Morgan fingerprint density at radius 3 is 2.60 bits per heavy atom. The van der Waals surface area contributed by atoms with Crippen LogP contribution in [0, 0.1) is 5.92 Å². The Bertz CT molecular complexity index is 91.3. The molecule has 2 atom stereocenters. The molecule has 0 aromatic carbocycles. The molecule has 2 N–H and O–H groups in total. The van der Waals surface area contributed by atoms with Crippen LogP contribution in [-0.2, 0) is 0 Å². The lowest BCUT2D eigenvalue weighted by Gasteiger charge is -2.15. The molecular weight excluding hydrogens is 128 g/mol. The van der Waals surface area contributed by atoms with Gasteiger partial charge < -0.3 is 10.2 Å². The van der Waals surface area contributed by atoms with Gasteiger partial charge in [0.05, 0.1) is 6.10 Å². The number of hydrogen-bond acceptors (Lipinski definition) is 2. The van der Waals surface area contributed by atoms with Gasteiger partial charge in [0.25, 0.3) is 0 Å². The maximum atomic E-state index is 9.27. The molecule has 2 nitrogen and oxygen atoms in total. The van der Waals surface area contributed by atoms with Gasteiger partial charge in [-0.25, -0.2) is 0 Å². The summed E-state index contributed by atoms with van der Waals surface area (Å²) in [7, 11) is 0. The Balaban J connectivity index is 3.47. The van der Waals surface area contributed by atoms with Crippen LogP contribution < -0.4 is 0 Å². The normalized spacial score (nSPS) is 16.3. The smallest absolute Gasteiger partial charge is 0.0600 e. The van der Waals surface area contributed by atoms with Crippen LogP contribution in [0.3, 0.4) is 0 Å². The van der Waals surface area contributed by atoms with Crippen molar-refractivity contribution in [3.05, 3.63) is 12.7 Å². The Kier molecular flexibility index (Phi) is 5.26. The zero-order valence-corrected chi connectivity index (χ0v) is 6.45. The molecule has 0 amide bonds. The van der Waals surface area contributed by atoms with E-state index >= 15 is 0 Å². The minimum absolute atomic E-state index is 0.148. The molecule has 0 rings (SSSR count). The fourth-order valence-corrected chi connectivity index (χ4v) is 0.799. The maximum absolute atomic E-state index is 9.27. The number of rotatable bonds is 5. The van der Waals surface area contributed by atoms with E-state index in [4.69, 9.17) is 5.11 Å². The second-order valence-electron chi connectivity index (χ2n) is 2.58. The highest BCUT2D eigenvalue weighted by atomic mass is 16.3. The second-order valence-corrected chi connectivity index (χ2v) is 2.58. The van der Waals surface area contributed by atoms with E-state index in [9.17, 15) is 5.11 Å². The highest BCUT2D eigenvalue weighted by Gasteiger charge is 2.10. The number of hydrogen-bond donors (Lipinski definition) is 2. The van der Waals surface area contributed by atoms with E-state index in [-0.39, 0.29) is 18.6 Å². The van der Waals surface area contributed by atoms with Gasteiger partial charge in [-0.2, -0.15) is 0 Å². The van der Waals surface area contributed by atoms with Crippen LogP contribution in [0.25, 0.3) is 0 Å². The van der Waals surface area contributed by atoms with Crippen molar-refractivity contribution in [3.63, 3.8) is 0 Å². The van der Waals surface area contributed by atoms with E-state index in [1.54, 1.807) is 6.08 Å². The predicted molar refractivity (Wildman–Crippen MR) is 41.7 cm³/mol. The molecule has 0 bridgehead atoms. The molecule has 0 fully saturated rings. The first kappa shape index (κ1) is 9.66. The van der Waals surface area contributed by atoms with Gasteiger partial charge in [-0.3, -0.25) is 0 Å². The fourth-order valence-electron chi connectivity index (χ4n) is 0.799. The van der Waals surface area contributed by atoms with E-state index in [1.165, 1.54) is 0 Å². The van der Waals surface area contributed by atoms with Gasteiger partial charge in [-0.15, -0.1) is 6.58 Å². The summed E-state index contributed by atoms with van der Waals surface area (Å²) < 4.78 is 0. The molecule has 60 valence electrons. The van der Waals surface area contributed by atoms with Crippen LogP contribution >= 0.6 is 0 Å². The third-order valence-corrected chi connectivity index (χ3v) is 1.65. The second kappa shape index (κ2) is 5.45. The summed E-state index contributed by atoms with van der Waals surface area (Å²) in [5.74, 6) is 0.169. The quantitative estimate of drug-likeness (QED) is 0.564. The highest BCUT2D eigenvalue weighted by Crippen LogP contribution is 2.10. The van der Waals surface area contributed by atoms with Gasteiger partial charge in [-0.1, -0.05) is 13.0 Å². The maximum Gasteiger partial charge on any atom is 0.0600 e. The van der Waals surface area contributed by atoms with E-state index in [0.717, 1.165) is 0 Å². The van der Waals surface area contributed by atoms with Gasteiger partial charge in [0.2, 0.25) is 0 Å². The molecular formula is C8H16O2. The summed E-state index contributed by atoms with van der Waals surface area (Å²) in [5.41, 5.74) is 0. The number of aliphatic hydroxyl groups is 2. The first-order valence-electron chi connectivity index (χ1n) is 3.62. The van der Waals surface area contributed by atoms with Gasteiger partial charge >= 0.3 is 0 Å². The van der Waals surface area contributed by atoms with Crippen molar-refractivity contribution in [2.45, 2.75) is 25.9 Å². The third-order valence-electron chi connectivity index (χ3n) is 1.65. The fraction of sp³-hybridized carbons (Fsp3) is 0.750. The SMILES string of the molecule is C=CC[C@H](O)[C@@H](C)CCO. The van der Waals surface area contributed by atoms with Crippen LogP contribution in [0.4, 0.5) is 0 Å². The molecule has 0 aromatic rings. The topological polar surface area (TPSA) is 40.5 Å². The Hall–Kier alpha value is -0.340. The lowest BCUT2D eigenvalue weighted by molar-refractivity contribution is 0.101. The van der Waals surface area contributed by atoms with Crippen LogP contribution in [0.15, 0.2) is 12.7 Å². The average molecular weight is 144 g/mol. The molecule has 0 radical (unpaired) electrons. The first-order chi connectivity index (χ1) is 4.72. The lowest BCUT2D eigenvalue weighted by atomic mass is 9.99. The van der Waals surface area contributed by atoms with Crippen LogP contribution in [0.1, 0.15) is 19.8 Å². The molecule has 0 saturated heterocycles. The molecule has 0 spiro atoms. The Morgan fingerprint density at radius 2 is 2.20 bits per heavy atom. The Morgan fingerprint density at radius 1 is 1.60 bits per heavy atom. The standard InChI is InChI=1S/C8H16O2/c1-3-4-8(10)7(2)5-6-9/h3,7-10H,1,4-6H2,2H3/t7-,8-/m0/s1. The largest absolute Gasteiger partial charge is 0.396 e. The predicted octanol–water partition coefficient (Wildman–Crippen LogP) is 0.942. The van der Waals surface area contributed by atoms with Gasteiger partial charge in [0.1, 0.15) is 0 Å². The van der Waals surface area contributed by atoms with Crippen LogP contribution in [0.5, 0.6) is 0 Å². The molecule has 10 heavy (non-hydrogen) atoms. The van der Waals surface area contributed by atoms with E-state index in [1.807, 2.05) is 6.92 Å². The van der Waals surface area contributed by atoms with Crippen LogP contribution in [-0.4, -0.2) is 22.9 Å². The van der Waals surface area contributed by atoms with Gasteiger partial charge in [0, 0.05) is 6.61 Å². The monoisotopic (exact) mass is 144 g/mol. The van der Waals surface area contributed by atoms with Crippen molar-refractivity contribution in [2.24, 2.45) is 5.92 Å². The molecule has 0 unspecified atom stereocenters. The summed E-state index contributed by atoms with van der Waals surface area (Å²) in [4.78, 5) is 0. The Labute approximate surface area is 62.2 Å². The van der Waals surface area contributed by atoms with Gasteiger partial charge in [0.15, 0.2) is 0 Å². The first-order valence-corrected chi connectivity index (χ1v) is 3.62. The minimum atomic E-state index is -0.343. The summed E-state index contributed by atoms with van der Waals surface area (Å²) in [6.07, 6.45) is 2.62. The van der Waals surface area contributed by atoms with E-state index < -0.39 is 0 Å². The van der Waals surface area contributed by atoms with Crippen molar-refractivity contribution in [1.82, 2.24) is 0 Å². The average Bonchev–Trinajstić information content (AvgIpc) is 1.89. The molecule has 0 aliphatic rings. The summed E-state index contributed by atoms with van der Waals surface area (Å²) >= 11 is 0. The summed E-state index contributed by atoms with van der Waals surface area (Å²) in [5, 5.41) is 17.8. The van der Waals surface area contributed by atoms with Crippen molar-refractivity contribution >= 4 is 0 Å². The summed E-state index contributed by atoms with van der Waals surface area (Å²) in [6, 6.07) is 0. The molecule has 2 heteroatoms. The third kappa shape index (κ3) is 3.64. The van der Waals surface area contributed by atoms with E-state index in [0.29, 0.717) is 12.8 Å². The highest BCUT2D eigenvalue weighted by molar-refractivity contribution is 4.75. The molecule has 0 aromatic heterocycles. The van der Waals surface area contributed by atoms with Crippen molar-refractivity contribution in [2.75, 3.05) is 6.61 Å². The molecule has 0 saturated carbocycles. The zero-order chi connectivity index (χ0) is 7.98. The van der Waals surface area contributed by atoms with Crippen LogP contribution in [0.2, 0.25) is 0 Å². The summed E-state index contributed by atoms with van der Waals surface area (Å²) in [6.45, 7) is 5.59. The molecule has 0 aliphatic carbocycles. The molecule has 0 aliphatic heterocycles.